The van der Waals surface area contributed by atoms with Gasteiger partial charge in [-0.15, -0.1) is 0 Å². The summed E-state index contributed by atoms with van der Waals surface area (Å²) in [4.78, 5) is 14.1. The van der Waals surface area contributed by atoms with Crippen LogP contribution in [0.15, 0.2) is 0 Å². The minimum absolute atomic E-state index is 0.216. The molecule has 1 aliphatic heterocycles. The fraction of sp³-hybridized carbons (Fsp3) is 0.923. The Morgan fingerprint density at radius 2 is 2.00 bits per heavy atom. The third-order valence-electron chi connectivity index (χ3n) is 4.44. The van der Waals surface area contributed by atoms with Crippen LogP contribution in [0.2, 0.25) is 0 Å². The van der Waals surface area contributed by atoms with E-state index < -0.39 is 0 Å². The predicted octanol–water partition coefficient (Wildman–Crippen LogP) is 0.586. The summed E-state index contributed by atoms with van der Waals surface area (Å²) < 4.78 is 0. The van der Waals surface area contributed by atoms with Crippen LogP contribution in [0, 0.1) is 5.92 Å². The van der Waals surface area contributed by atoms with Gasteiger partial charge in [0.05, 0.1) is 0 Å². The van der Waals surface area contributed by atoms with Gasteiger partial charge < -0.3 is 15.5 Å². The molecule has 1 saturated carbocycles. The van der Waals surface area contributed by atoms with Crippen LogP contribution in [0.4, 0.5) is 0 Å². The molecule has 17 heavy (non-hydrogen) atoms. The molecular weight excluding hydrogens is 214 g/mol. The number of nitrogens with one attached hydrogen (secondary N) is 2. The van der Waals surface area contributed by atoms with Crippen LogP contribution in [-0.2, 0) is 4.79 Å². The Morgan fingerprint density at radius 1 is 1.35 bits per heavy atom. The van der Waals surface area contributed by atoms with Crippen LogP contribution < -0.4 is 10.6 Å². The average Bonchev–Trinajstić information content (AvgIpc) is 2.70. The van der Waals surface area contributed by atoms with Crippen molar-refractivity contribution in [2.45, 2.75) is 37.6 Å². The average molecular weight is 239 g/mol. The van der Waals surface area contributed by atoms with Crippen LogP contribution in [0.25, 0.3) is 0 Å². The molecule has 0 aromatic carbocycles. The molecule has 0 unspecified atom stereocenters. The van der Waals surface area contributed by atoms with Crippen molar-refractivity contribution in [1.29, 1.82) is 0 Å². The standard InChI is InChI=1S/C13H25N3O/c1-16(2)13(5-3-4-6-13)10-15-12(17)7-11-8-14-9-11/h11,14H,3-10H2,1-2H3,(H,15,17). The molecule has 2 N–H and O–H groups in total. The molecule has 1 aliphatic carbocycles. The van der Waals surface area contributed by atoms with Crippen molar-refractivity contribution in [3.8, 4) is 0 Å². The highest BCUT2D eigenvalue weighted by Gasteiger charge is 2.36. The maximum Gasteiger partial charge on any atom is 0.220 e. The highest BCUT2D eigenvalue weighted by atomic mass is 16.1. The number of carbonyl (C=O) groups is 1. The lowest BCUT2D eigenvalue weighted by molar-refractivity contribution is -0.123. The zero-order chi connectivity index (χ0) is 12.3. The lowest BCUT2D eigenvalue weighted by Gasteiger charge is -2.36. The van der Waals surface area contributed by atoms with Crippen molar-refractivity contribution < 1.29 is 4.79 Å². The number of rotatable bonds is 5. The van der Waals surface area contributed by atoms with Gasteiger partial charge in [0.25, 0.3) is 0 Å². The Bertz CT molecular complexity index is 268. The Morgan fingerprint density at radius 3 is 2.47 bits per heavy atom. The number of amides is 1. The second-order valence-corrected chi connectivity index (χ2v) is 5.83. The fourth-order valence-corrected chi connectivity index (χ4v) is 2.91. The minimum Gasteiger partial charge on any atom is -0.354 e. The first kappa shape index (κ1) is 12.8. The van der Waals surface area contributed by atoms with E-state index in [1.807, 2.05) is 0 Å². The molecule has 2 fully saturated rings. The third-order valence-corrected chi connectivity index (χ3v) is 4.44. The molecule has 0 aromatic rings. The molecule has 2 aliphatic rings. The molecule has 1 heterocycles. The van der Waals surface area contributed by atoms with Crippen LogP contribution in [0.3, 0.4) is 0 Å². The van der Waals surface area contributed by atoms with Crippen molar-refractivity contribution in [1.82, 2.24) is 15.5 Å². The number of hydrogen-bond acceptors (Lipinski definition) is 3. The van der Waals surface area contributed by atoms with Gasteiger partial charge in [0.15, 0.2) is 0 Å². The lowest BCUT2D eigenvalue weighted by Crippen LogP contribution is -2.52. The van der Waals surface area contributed by atoms with E-state index in [9.17, 15) is 4.79 Å². The highest BCUT2D eigenvalue weighted by Crippen LogP contribution is 2.33. The van der Waals surface area contributed by atoms with Gasteiger partial charge in [-0.25, -0.2) is 0 Å². The van der Waals surface area contributed by atoms with Crippen LogP contribution in [-0.4, -0.2) is 50.1 Å². The van der Waals surface area contributed by atoms with Gasteiger partial charge in [-0.1, -0.05) is 12.8 Å². The molecule has 4 nitrogen and oxygen atoms in total. The van der Waals surface area contributed by atoms with E-state index in [4.69, 9.17) is 0 Å². The largest absolute Gasteiger partial charge is 0.354 e. The van der Waals surface area contributed by atoms with Crippen LogP contribution in [0.5, 0.6) is 0 Å². The summed E-state index contributed by atoms with van der Waals surface area (Å²) in [6.45, 7) is 2.83. The van der Waals surface area contributed by atoms with Gasteiger partial charge in [-0.3, -0.25) is 4.79 Å². The maximum atomic E-state index is 11.8. The van der Waals surface area contributed by atoms with E-state index in [2.05, 4.69) is 29.6 Å². The van der Waals surface area contributed by atoms with Crippen molar-refractivity contribution in [2.75, 3.05) is 33.7 Å². The van der Waals surface area contributed by atoms with Gasteiger partial charge in [0, 0.05) is 18.5 Å². The van der Waals surface area contributed by atoms with E-state index in [0.717, 1.165) is 19.6 Å². The summed E-state index contributed by atoms with van der Waals surface area (Å²) in [6, 6.07) is 0. The molecule has 0 aromatic heterocycles. The van der Waals surface area contributed by atoms with E-state index in [1.165, 1.54) is 25.7 Å². The minimum atomic E-state index is 0.216. The third kappa shape index (κ3) is 2.99. The van der Waals surface area contributed by atoms with E-state index in [1.54, 1.807) is 0 Å². The fourth-order valence-electron chi connectivity index (χ4n) is 2.91. The van der Waals surface area contributed by atoms with Gasteiger partial charge in [-0.2, -0.15) is 0 Å². The molecular formula is C13H25N3O. The monoisotopic (exact) mass is 239 g/mol. The number of carbonyl (C=O) groups excluding carboxylic acids is 1. The Kier molecular flexibility index (Phi) is 4.05. The molecule has 98 valence electrons. The normalized spacial score (nSPS) is 23.7. The van der Waals surface area contributed by atoms with Crippen LogP contribution in [0.1, 0.15) is 32.1 Å². The van der Waals surface area contributed by atoms with Gasteiger partial charge in [-0.05, 0) is 45.9 Å². The Labute approximate surface area is 104 Å². The first-order valence-corrected chi connectivity index (χ1v) is 6.77. The second kappa shape index (κ2) is 5.36. The van der Waals surface area contributed by atoms with Crippen molar-refractivity contribution in [3.63, 3.8) is 0 Å². The molecule has 0 radical (unpaired) electrons. The quantitative estimate of drug-likeness (QED) is 0.738. The molecule has 0 spiro atoms. The maximum absolute atomic E-state index is 11.8. The van der Waals surface area contributed by atoms with Crippen LogP contribution >= 0.6 is 0 Å². The summed E-state index contributed by atoms with van der Waals surface area (Å²) in [7, 11) is 4.26. The summed E-state index contributed by atoms with van der Waals surface area (Å²) in [5.74, 6) is 0.790. The predicted molar refractivity (Wildman–Crippen MR) is 68.9 cm³/mol. The van der Waals surface area contributed by atoms with Crippen molar-refractivity contribution in [3.05, 3.63) is 0 Å². The first-order chi connectivity index (χ1) is 8.12. The summed E-state index contributed by atoms with van der Waals surface area (Å²) in [5, 5.41) is 6.34. The van der Waals surface area contributed by atoms with E-state index in [-0.39, 0.29) is 11.4 Å². The zero-order valence-electron chi connectivity index (χ0n) is 11.1. The first-order valence-electron chi connectivity index (χ1n) is 6.77. The smallest absolute Gasteiger partial charge is 0.220 e. The zero-order valence-corrected chi connectivity index (χ0v) is 11.1. The molecule has 2 rings (SSSR count). The number of hydrogen-bond donors (Lipinski definition) is 2. The van der Waals surface area contributed by atoms with Crippen molar-refractivity contribution >= 4 is 5.91 Å². The summed E-state index contributed by atoms with van der Waals surface area (Å²) >= 11 is 0. The van der Waals surface area contributed by atoms with Crippen molar-refractivity contribution in [2.24, 2.45) is 5.92 Å². The second-order valence-electron chi connectivity index (χ2n) is 5.83. The van der Waals surface area contributed by atoms with E-state index >= 15 is 0 Å². The molecule has 4 heteroatoms. The molecule has 1 saturated heterocycles. The topological polar surface area (TPSA) is 44.4 Å². The van der Waals surface area contributed by atoms with Gasteiger partial charge in [0.1, 0.15) is 0 Å². The van der Waals surface area contributed by atoms with E-state index in [0.29, 0.717) is 12.3 Å². The summed E-state index contributed by atoms with van der Waals surface area (Å²) in [5.41, 5.74) is 0.216. The number of likely N-dealkylation sites (N-methyl/N-ethyl adjacent to an activating group) is 1. The lowest BCUT2D eigenvalue weighted by atomic mass is 9.95. The highest BCUT2D eigenvalue weighted by molar-refractivity contribution is 5.76. The van der Waals surface area contributed by atoms with Gasteiger partial charge in [0.2, 0.25) is 5.91 Å². The number of nitrogens with zero attached hydrogens (tertiary/aromatic N) is 1. The molecule has 0 atom stereocenters. The molecule has 0 bridgehead atoms. The van der Waals surface area contributed by atoms with Gasteiger partial charge >= 0.3 is 0 Å². The summed E-state index contributed by atoms with van der Waals surface area (Å²) in [6.07, 6.45) is 5.70. The SMILES string of the molecule is CN(C)C1(CNC(=O)CC2CNC2)CCCC1. The Hall–Kier alpha value is -0.610. The Balaban J connectivity index is 1.76. The molecule has 1 amide bonds.